The molecular formula is C5H9NO2. The molecule has 3 nitrogen and oxygen atoms in total. The van der Waals surface area contributed by atoms with Crippen molar-refractivity contribution in [2.24, 2.45) is 0 Å². The predicted octanol–water partition coefficient (Wildman–Crippen LogP) is -1.48. The Morgan fingerprint density at radius 1 is 1.75 bits per heavy atom. The summed E-state index contributed by atoms with van der Waals surface area (Å²) < 4.78 is 0. The number of aliphatic hydroxyl groups excluding tert-OH is 2. The summed E-state index contributed by atoms with van der Waals surface area (Å²) >= 11 is 0. The average molecular weight is 115 g/mol. The molecule has 0 aromatic carbocycles. The smallest absolute Gasteiger partial charge is 0.0949 e. The second-order valence-corrected chi connectivity index (χ2v) is 1.36. The first-order valence-corrected chi connectivity index (χ1v) is 2.28. The van der Waals surface area contributed by atoms with Crippen molar-refractivity contribution < 1.29 is 10.2 Å². The minimum absolute atomic E-state index is 0.243. The molecule has 0 aliphatic rings. The fourth-order valence-electron chi connectivity index (χ4n) is 0.241. The van der Waals surface area contributed by atoms with Crippen molar-refractivity contribution in [3.05, 3.63) is 0 Å². The van der Waals surface area contributed by atoms with Gasteiger partial charge < -0.3 is 15.5 Å². The molecular weight excluding hydrogens is 106 g/mol. The quantitative estimate of drug-likeness (QED) is 0.310. The third kappa shape index (κ3) is 3.47. The molecule has 0 radical (unpaired) electrons. The summed E-state index contributed by atoms with van der Waals surface area (Å²) in [5.41, 5.74) is 0. The lowest BCUT2D eigenvalue weighted by atomic mass is 10.4. The molecule has 3 N–H and O–H groups in total. The number of aliphatic hydroxyl groups is 2. The van der Waals surface area contributed by atoms with Crippen LogP contribution < -0.4 is 5.32 Å². The van der Waals surface area contributed by atoms with Gasteiger partial charge in [0.2, 0.25) is 0 Å². The minimum Gasteiger partial charge on any atom is -0.394 e. The molecule has 0 heterocycles. The van der Waals surface area contributed by atoms with E-state index in [4.69, 9.17) is 16.6 Å². The summed E-state index contributed by atoms with van der Waals surface area (Å²) in [5.74, 6) is 0. The van der Waals surface area contributed by atoms with E-state index >= 15 is 0 Å². The van der Waals surface area contributed by atoms with E-state index in [-0.39, 0.29) is 13.2 Å². The fraction of sp³-hybridized carbons (Fsp3) is 0.600. The number of hydrogen-bond donors (Lipinski definition) is 3. The van der Waals surface area contributed by atoms with Crippen LogP contribution in [0.1, 0.15) is 0 Å². The Balaban J connectivity index is 3.01. The van der Waals surface area contributed by atoms with Gasteiger partial charge in [-0.3, -0.25) is 0 Å². The average Bonchev–Trinajstić information content (AvgIpc) is 1.83. The van der Waals surface area contributed by atoms with E-state index < -0.39 is 6.10 Å². The van der Waals surface area contributed by atoms with Gasteiger partial charge in [0.25, 0.3) is 0 Å². The third-order valence-electron chi connectivity index (χ3n) is 0.650. The SMILES string of the molecule is C#CNCC(O)CO. The molecule has 0 aliphatic carbocycles. The molecule has 46 valence electrons. The molecule has 0 spiro atoms. The first-order chi connectivity index (χ1) is 3.81. The summed E-state index contributed by atoms with van der Waals surface area (Å²) in [4.78, 5) is 0. The minimum atomic E-state index is -0.744. The van der Waals surface area contributed by atoms with Crippen LogP contribution in [0.15, 0.2) is 0 Å². The zero-order valence-corrected chi connectivity index (χ0v) is 4.46. The number of rotatable bonds is 3. The van der Waals surface area contributed by atoms with E-state index in [9.17, 15) is 0 Å². The molecule has 1 unspecified atom stereocenters. The van der Waals surface area contributed by atoms with Crippen LogP contribution in [0.4, 0.5) is 0 Å². The van der Waals surface area contributed by atoms with Gasteiger partial charge in [0, 0.05) is 6.04 Å². The fourth-order valence-corrected chi connectivity index (χ4v) is 0.241. The van der Waals surface area contributed by atoms with Crippen LogP contribution in [0.2, 0.25) is 0 Å². The van der Waals surface area contributed by atoms with E-state index in [1.165, 1.54) is 0 Å². The summed E-state index contributed by atoms with van der Waals surface area (Å²) in [6.07, 6.45) is 4.03. The maximum atomic E-state index is 8.58. The first-order valence-electron chi connectivity index (χ1n) is 2.28. The summed E-state index contributed by atoms with van der Waals surface area (Å²) in [7, 11) is 0. The Hall–Kier alpha value is -0.720. The van der Waals surface area contributed by atoms with E-state index in [2.05, 4.69) is 11.4 Å². The van der Waals surface area contributed by atoms with E-state index in [0.717, 1.165) is 0 Å². The molecule has 0 fully saturated rings. The third-order valence-corrected chi connectivity index (χ3v) is 0.650. The van der Waals surface area contributed by atoms with Gasteiger partial charge in [0.1, 0.15) is 0 Å². The Kier molecular flexibility index (Phi) is 4.04. The lowest BCUT2D eigenvalue weighted by molar-refractivity contribution is 0.0977. The van der Waals surface area contributed by atoms with Crippen LogP contribution in [0.25, 0.3) is 0 Å². The zero-order chi connectivity index (χ0) is 6.41. The van der Waals surface area contributed by atoms with Crippen molar-refractivity contribution in [2.75, 3.05) is 13.2 Å². The van der Waals surface area contributed by atoms with E-state index in [1.54, 1.807) is 0 Å². The molecule has 0 saturated heterocycles. The lowest BCUT2D eigenvalue weighted by Gasteiger charge is -2.02. The van der Waals surface area contributed by atoms with E-state index in [0.29, 0.717) is 0 Å². The molecule has 1 atom stereocenters. The van der Waals surface area contributed by atoms with Gasteiger partial charge in [-0.1, -0.05) is 6.42 Å². The Morgan fingerprint density at radius 2 is 2.38 bits per heavy atom. The van der Waals surface area contributed by atoms with Gasteiger partial charge in [-0.05, 0) is 0 Å². The highest BCUT2D eigenvalue weighted by molar-refractivity contribution is 4.80. The van der Waals surface area contributed by atoms with E-state index in [1.807, 2.05) is 0 Å². The molecule has 3 heteroatoms. The highest BCUT2D eigenvalue weighted by Gasteiger charge is 1.96. The largest absolute Gasteiger partial charge is 0.394 e. The maximum absolute atomic E-state index is 8.58. The standard InChI is InChI=1S/C5H9NO2/c1-2-6-3-5(8)4-7/h1,5-8H,3-4H2. The number of terminal acetylenes is 1. The lowest BCUT2D eigenvalue weighted by Crippen LogP contribution is -2.25. The van der Waals surface area contributed by atoms with Crippen molar-refractivity contribution in [3.63, 3.8) is 0 Å². The van der Waals surface area contributed by atoms with Crippen LogP contribution >= 0.6 is 0 Å². The topological polar surface area (TPSA) is 52.5 Å². The van der Waals surface area contributed by atoms with Crippen LogP contribution in [0.5, 0.6) is 0 Å². The second kappa shape index (κ2) is 4.44. The van der Waals surface area contributed by atoms with Crippen molar-refractivity contribution in [1.82, 2.24) is 5.32 Å². The Labute approximate surface area is 48.3 Å². The Morgan fingerprint density at radius 3 is 2.75 bits per heavy atom. The van der Waals surface area contributed by atoms with Crippen LogP contribution in [-0.2, 0) is 0 Å². The van der Waals surface area contributed by atoms with Crippen molar-refractivity contribution in [2.45, 2.75) is 6.10 Å². The van der Waals surface area contributed by atoms with Crippen molar-refractivity contribution >= 4 is 0 Å². The van der Waals surface area contributed by atoms with Crippen molar-refractivity contribution in [3.8, 4) is 12.5 Å². The highest BCUT2D eigenvalue weighted by atomic mass is 16.3. The molecule has 0 aliphatic heterocycles. The summed E-state index contributed by atoms with van der Waals surface area (Å²) in [6.45, 7) is -0.0122. The van der Waals surface area contributed by atoms with Gasteiger partial charge in [-0.25, -0.2) is 0 Å². The van der Waals surface area contributed by atoms with Crippen LogP contribution in [0, 0.1) is 12.5 Å². The van der Waals surface area contributed by atoms with Gasteiger partial charge in [0.15, 0.2) is 0 Å². The highest BCUT2D eigenvalue weighted by Crippen LogP contribution is 1.73. The second-order valence-electron chi connectivity index (χ2n) is 1.36. The molecule has 0 bridgehead atoms. The van der Waals surface area contributed by atoms with Gasteiger partial charge in [-0.2, -0.15) is 0 Å². The molecule has 0 aromatic heterocycles. The number of nitrogens with one attached hydrogen (secondary N) is 1. The summed E-state index contributed by atoms with van der Waals surface area (Å²) in [5, 5.41) is 19.2. The number of hydrogen-bond acceptors (Lipinski definition) is 3. The predicted molar refractivity (Wildman–Crippen MR) is 29.9 cm³/mol. The molecule has 0 aromatic rings. The van der Waals surface area contributed by atoms with Gasteiger partial charge in [0.05, 0.1) is 19.3 Å². The van der Waals surface area contributed by atoms with Gasteiger partial charge >= 0.3 is 0 Å². The zero-order valence-electron chi connectivity index (χ0n) is 4.46. The van der Waals surface area contributed by atoms with Crippen LogP contribution in [-0.4, -0.2) is 29.5 Å². The molecule has 0 saturated carbocycles. The normalized spacial score (nSPS) is 12.1. The maximum Gasteiger partial charge on any atom is 0.0949 e. The van der Waals surface area contributed by atoms with Gasteiger partial charge in [-0.15, -0.1) is 0 Å². The monoisotopic (exact) mass is 115 g/mol. The first kappa shape index (κ1) is 7.28. The Bertz CT molecular complexity index is 86.9. The molecule has 8 heavy (non-hydrogen) atoms. The van der Waals surface area contributed by atoms with Crippen molar-refractivity contribution in [1.29, 1.82) is 0 Å². The summed E-state index contributed by atoms with van der Waals surface area (Å²) in [6, 6.07) is 2.11. The molecule has 0 rings (SSSR count). The van der Waals surface area contributed by atoms with Crippen LogP contribution in [0.3, 0.4) is 0 Å². The molecule has 0 amide bonds.